The first kappa shape index (κ1) is 26.3. The number of phenols is 1. The Hall–Kier alpha value is -3.31. The first-order valence-electron chi connectivity index (χ1n) is 10.6. The Balaban J connectivity index is 1.89. The highest BCUT2D eigenvalue weighted by molar-refractivity contribution is 6.30. The van der Waals surface area contributed by atoms with E-state index in [-0.39, 0.29) is 42.8 Å². The maximum atomic E-state index is 13.2. The molecule has 188 valence electrons. The average molecular weight is 514 g/mol. The van der Waals surface area contributed by atoms with Crippen LogP contribution in [-0.2, 0) is 19.8 Å². The molecule has 8 nitrogen and oxygen atoms in total. The molecule has 0 heterocycles. The third-order valence-corrected chi connectivity index (χ3v) is 6.38. The van der Waals surface area contributed by atoms with Crippen LogP contribution in [0.3, 0.4) is 0 Å². The first-order chi connectivity index (χ1) is 16.5. The number of hydroxylamine groups is 2. The van der Waals surface area contributed by atoms with Crippen molar-refractivity contribution in [3.05, 3.63) is 58.6 Å². The van der Waals surface area contributed by atoms with Gasteiger partial charge in [-0.15, -0.1) is 0 Å². The van der Waals surface area contributed by atoms with E-state index >= 15 is 0 Å². The number of benzene rings is 2. The molecule has 35 heavy (non-hydrogen) atoms. The minimum absolute atomic E-state index is 0.139. The number of alkyl halides is 3. The zero-order chi connectivity index (χ0) is 25.8. The third-order valence-electron chi connectivity index (χ3n) is 6.14. The number of hydrogen-bond acceptors (Lipinski definition) is 6. The lowest BCUT2D eigenvalue weighted by Crippen LogP contribution is -2.49. The van der Waals surface area contributed by atoms with E-state index in [0.717, 1.165) is 23.8 Å². The second kappa shape index (κ2) is 10.5. The Morgan fingerprint density at radius 2 is 1.91 bits per heavy atom. The molecule has 0 aliphatic heterocycles. The molecule has 1 aliphatic rings. The number of nitrogens with zero attached hydrogens (tertiary/aromatic N) is 1. The van der Waals surface area contributed by atoms with Crippen LogP contribution in [0.4, 0.5) is 18.9 Å². The molecule has 0 radical (unpaired) electrons. The summed E-state index contributed by atoms with van der Waals surface area (Å²) in [5.41, 5.74) is 6.10. The lowest BCUT2D eigenvalue weighted by molar-refractivity contribution is -0.235. The molecule has 1 aliphatic carbocycles. The van der Waals surface area contributed by atoms with Crippen LogP contribution in [0.25, 0.3) is 0 Å². The van der Waals surface area contributed by atoms with E-state index in [2.05, 4.69) is 10.2 Å². The van der Waals surface area contributed by atoms with E-state index in [4.69, 9.17) is 17.3 Å². The highest BCUT2D eigenvalue weighted by Crippen LogP contribution is 2.41. The van der Waals surface area contributed by atoms with Crippen molar-refractivity contribution in [2.24, 2.45) is 5.73 Å². The Bertz CT molecular complexity index is 1100. The molecule has 0 aromatic heterocycles. The van der Waals surface area contributed by atoms with E-state index in [1.807, 2.05) is 6.07 Å². The quantitative estimate of drug-likeness (QED) is 0.306. The van der Waals surface area contributed by atoms with Crippen molar-refractivity contribution in [2.75, 3.05) is 11.9 Å². The van der Waals surface area contributed by atoms with Gasteiger partial charge < -0.3 is 21.0 Å². The van der Waals surface area contributed by atoms with Gasteiger partial charge in [0.05, 0.1) is 11.7 Å². The Kier molecular flexibility index (Phi) is 7.91. The lowest BCUT2D eigenvalue weighted by atomic mass is 9.68. The molecule has 3 rings (SSSR count). The van der Waals surface area contributed by atoms with Crippen LogP contribution in [0.2, 0.25) is 5.02 Å². The van der Waals surface area contributed by atoms with E-state index in [1.54, 1.807) is 18.2 Å². The van der Waals surface area contributed by atoms with Crippen molar-refractivity contribution in [1.82, 2.24) is 5.06 Å². The van der Waals surface area contributed by atoms with Crippen LogP contribution >= 0.6 is 11.6 Å². The Morgan fingerprint density at radius 1 is 1.23 bits per heavy atom. The first-order valence-corrected chi connectivity index (χ1v) is 11.0. The van der Waals surface area contributed by atoms with Gasteiger partial charge in [-0.05, 0) is 61.6 Å². The van der Waals surface area contributed by atoms with E-state index in [9.17, 15) is 32.7 Å². The average Bonchev–Trinajstić information content (AvgIpc) is 2.83. The molecule has 0 spiro atoms. The van der Waals surface area contributed by atoms with E-state index in [0.29, 0.717) is 22.9 Å². The fourth-order valence-electron chi connectivity index (χ4n) is 4.22. The minimum atomic E-state index is -5.33. The number of nitrogens with two attached hydrogens (primary N) is 1. The molecule has 0 saturated heterocycles. The van der Waals surface area contributed by atoms with E-state index in [1.165, 1.54) is 0 Å². The summed E-state index contributed by atoms with van der Waals surface area (Å²) in [6, 6.07) is 9.55. The number of rotatable bonds is 6. The number of hydrogen-bond donors (Lipinski definition) is 3. The summed E-state index contributed by atoms with van der Waals surface area (Å²) >= 11 is 6.12. The van der Waals surface area contributed by atoms with Gasteiger partial charge in [0.2, 0.25) is 6.41 Å². The van der Waals surface area contributed by atoms with Gasteiger partial charge in [-0.3, -0.25) is 9.59 Å². The predicted octanol–water partition coefficient (Wildman–Crippen LogP) is 3.92. The van der Waals surface area contributed by atoms with Crippen LogP contribution in [0.5, 0.6) is 5.75 Å². The lowest BCUT2D eigenvalue weighted by Gasteiger charge is -2.42. The highest BCUT2D eigenvalue weighted by Gasteiger charge is 2.46. The summed E-state index contributed by atoms with van der Waals surface area (Å²) in [6.45, 7) is 0.245. The monoisotopic (exact) mass is 513 g/mol. The number of amides is 2. The van der Waals surface area contributed by atoms with Gasteiger partial charge in [-0.2, -0.15) is 18.2 Å². The number of aromatic hydroxyl groups is 1. The smallest absolute Gasteiger partial charge is 0.493 e. The molecule has 2 amide bonds. The van der Waals surface area contributed by atoms with Gasteiger partial charge in [-0.1, -0.05) is 23.7 Å². The number of carbonyl (C=O) groups excluding carboxylic acids is 3. The van der Waals surface area contributed by atoms with Gasteiger partial charge in [0.15, 0.2) is 0 Å². The molecule has 1 fully saturated rings. The van der Waals surface area contributed by atoms with Crippen LogP contribution in [0, 0.1) is 0 Å². The fourth-order valence-corrected chi connectivity index (χ4v) is 4.41. The second-order valence-corrected chi connectivity index (χ2v) is 8.66. The zero-order valence-corrected chi connectivity index (χ0v) is 19.1. The molecule has 0 atom stereocenters. The number of nitrogens with one attached hydrogen (secondary N) is 1. The maximum Gasteiger partial charge on any atom is 0.493 e. The standard InChI is InChI=1S/C23H23ClF3N3O5/c24-16-3-1-2-15(11-16)22(12-28)8-6-17(7-9-22)30(35-21(34)23(25,26)27)20(33)14-4-5-19(32)18(10-14)29-13-31/h1-5,10-11,13,17,32H,6-9,12,28H2,(H,29,31). The normalized spacial score (nSPS) is 20.1. The molecule has 12 heteroatoms. The van der Waals surface area contributed by atoms with Crippen molar-refractivity contribution in [3.63, 3.8) is 0 Å². The molecule has 2 aromatic rings. The van der Waals surface area contributed by atoms with Gasteiger partial charge in [0.1, 0.15) is 5.75 Å². The molecule has 0 unspecified atom stereocenters. The molecule has 0 bridgehead atoms. The zero-order valence-electron chi connectivity index (χ0n) is 18.3. The van der Waals surface area contributed by atoms with Crippen molar-refractivity contribution >= 4 is 35.6 Å². The number of carbonyl (C=O) groups is 3. The highest BCUT2D eigenvalue weighted by atomic mass is 35.5. The maximum absolute atomic E-state index is 13.2. The Morgan fingerprint density at radius 3 is 2.49 bits per heavy atom. The number of phenolic OH excluding ortho intramolecular Hbond substituents is 1. The summed E-state index contributed by atoms with van der Waals surface area (Å²) in [5.74, 6) is -3.94. The van der Waals surface area contributed by atoms with Gasteiger partial charge >= 0.3 is 12.1 Å². The third kappa shape index (κ3) is 5.85. The summed E-state index contributed by atoms with van der Waals surface area (Å²) < 4.78 is 38.9. The van der Waals surface area contributed by atoms with Crippen molar-refractivity contribution in [1.29, 1.82) is 0 Å². The minimum Gasteiger partial charge on any atom is -0.506 e. The fraction of sp³-hybridized carbons (Fsp3) is 0.348. The number of anilines is 1. The molecular weight excluding hydrogens is 491 g/mol. The van der Waals surface area contributed by atoms with Crippen molar-refractivity contribution in [3.8, 4) is 5.75 Å². The molecule has 1 saturated carbocycles. The van der Waals surface area contributed by atoms with Crippen LogP contribution < -0.4 is 11.1 Å². The van der Waals surface area contributed by atoms with Crippen molar-refractivity contribution in [2.45, 2.75) is 43.3 Å². The van der Waals surface area contributed by atoms with Crippen LogP contribution in [-0.4, -0.2) is 47.2 Å². The van der Waals surface area contributed by atoms with Gasteiger partial charge in [0.25, 0.3) is 5.91 Å². The topological polar surface area (TPSA) is 122 Å². The predicted molar refractivity (Wildman–Crippen MR) is 121 cm³/mol. The van der Waals surface area contributed by atoms with E-state index < -0.39 is 29.5 Å². The summed E-state index contributed by atoms with van der Waals surface area (Å²) in [7, 11) is 0. The van der Waals surface area contributed by atoms with Crippen LogP contribution in [0.15, 0.2) is 42.5 Å². The molecule has 4 N–H and O–H groups in total. The number of halogens is 4. The van der Waals surface area contributed by atoms with Gasteiger partial charge in [-0.25, -0.2) is 4.79 Å². The van der Waals surface area contributed by atoms with Crippen LogP contribution in [0.1, 0.15) is 41.6 Å². The molecule has 2 aromatic carbocycles. The van der Waals surface area contributed by atoms with Gasteiger partial charge in [0, 0.05) is 22.5 Å². The Labute approximate surface area is 203 Å². The SMILES string of the molecule is NCC1(c2cccc(Cl)c2)CCC(N(OC(=O)C(F)(F)F)C(=O)c2ccc(O)c(NC=O)c2)CC1. The second-order valence-electron chi connectivity index (χ2n) is 8.23. The summed E-state index contributed by atoms with van der Waals surface area (Å²) in [4.78, 5) is 40.1. The largest absolute Gasteiger partial charge is 0.506 e. The summed E-state index contributed by atoms with van der Waals surface area (Å²) in [6.07, 6.45) is -3.89. The summed E-state index contributed by atoms with van der Waals surface area (Å²) in [5, 5.41) is 12.9. The molecular formula is C23H23ClF3N3O5. The van der Waals surface area contributed by atoms with Crippen molar-refractivity contribution < 1.29 is 37.5 Å².